The third-order valence-corrected chi connectivity index (χ3v) is 2.41. The second-order valence-corrected chi connectivity index (χ2v) is 3.55. The Morgan fingerprint density at radius 2 is 2.25 bits per heavy atom. The molecule has 3 heteroatoms. The Kier molecular flexibility index (Phi) is 3.09. The smallest absolute Gasteiger partial charge is 0.234 e. The molecule has 1 fully saturated rings. The fourth-order valence-corrected chi connectivity index (χ4v) is 1.52. The highest BCUT2D eigenvalue weighted by Gasteiger charge is 2.33. The lowest BCUT2D eigenvalue weighted by atomic mass is 10.2. The van der Waals surface area contributed by atoms with Gasteiger partial charge in [-0.1, -0.05) is 6.92 Å². The van der Waals surface area contributed by atoms with Gasteiger partial charge in [0.15, 0.2) is 0 Å². The maximum absolute atomic E-state index is 10.9. The maximum atomic E-state index is 10.9. The van der Waals surface area contributed by atoms with Crippen molar-refractivity contribution >= 4 is 5.91 Å². The van der Waals surface area contributed by atoms with E-state index in [9.17, 15) is 4.79 Å². The lowest BCUT2D eigenvalue weighted by Gasteiger charge is -2.25. The van der Waals surface area contributed by atoms with Crippen molar-refractivity contribution in [3.8, 4) is 0 Å². The first kappa shape index (κ1) is 9.52. The minimum absolute atomic E-state index is 0.0857. The third kappa shape index (κ3) is 2.21. The van der Waals surface area contributed by atoms with Gasteiger partial charge < -0.3 is 5.73 Å². The Bertz CT molecular complexity index is 166. The molecule has 3 nitrogen and oxygen atoms in total. The topological polar surface area (TPSA) is 46.3 Å². The highest BCUT2D eigenvalue weighted by Crippen LogP contribution is 2.28. The molecule has 12 heavy (non-hydrogen) atoms. The molecule has 0 heterocycles. The van der Waals surface area contributed by atoms with Crippen LogP contribution in [0.1, 0.15) is 33.1 Å². The van der Waals surface area contributed by atoms with Gasteiger partial charge in [0.2, 0.25) is 5.91 Å². The van der Waals surface area contributed by atoms with Gasteiger partial charge in [-0.3, -0.25) is 9.69 Å². The lowest BCUT2D eigenvalue weighted by Crippen LogP contribution is -2.44. The van der Waals surface area contributed by atoms with Crippen molar-refractivity contribution in [3.63, 3.8) is 0 Å². The van der Waals surface area contributed by atoms with Crippen LogP contribution in [0.2, 0.25) is 0 Å². The Hall–Kier alpha value is -0.570. The summed E-state index contributed by atoms with van der Waals surface area (Å²) in [5, 5.41) is 0. The molecule has 2 N–H and O–H groups in total. The molecule has 0 aromatic rings. The predicted molar refractivity (Wildman–Crippen MR) is 48.7 cm³/mol. The molecule has 0 aliphatic heterocycles. The zero-order valence-electron chi connectivity index (χ0n) is 7.92. The zero-order valence-corrected chi connectivity index (χ0v) is 7.92. The number of nitrogens with zero attached hydrogens (tertiary/aromatic N) is 1. The van der Waals surface area contributed by atoms with E-state index in [2.05, 4.69) is 11.8 Å². The third-order valence-electron chi connectivity index (χ3n) is 2.41. The van der Waals surface area contributed by atoms with E-state index in [4.69, 9.17) is 5.73 Å². The van der Waals surface area contributed by atoms with Gasteiger partial charge in [-0.15, -0.1) is 0 Å². The summed E-state index contributed by atoms with van der Waals surface area (Å²) in [6.45, 7) is 5.02. The quantitative estimate of drug-likeness (QED) is 0.661. The Labute approximate surface area is 73.9 Å². The van der Waals surface area contributed by atoms with Gasteiger partial charge in [-0.2, -0.15) is 0 Å². The molecule has 1 saturated carbocycles. The number of hydrogen-bond acceptors (Lipinski definition) is 2. The van der Waals surface area contributed by atoms with E-state index >= 15 is 0 Å². The van der Waals surface area contributed by atoms with Crippen LogP contribution < -0.4 is 5.73 Å². The molecular formula is C9H18N2O. The number of carbonyl (C=O) groups is 1. The Morgan fingerprint density at radius 1 is 1.67 bits per heavy atom. The van der Waals surface area contributed by atoms with Crippen molar-refractivity contribution < 1.29 is 4.79 Å². The molecule has 0 aromatic carbocycles. The van der Waals surface area contributed by atoms with Crippen molar-refractivity contribution in [1.29, 1.82) is 0 Å². The molecule has 0 radical (unpaired) electrons. The SMILES string of the molecule is CCCN(C1CC1)C(C)C(N)=O. The van der Waals surface area contributed by atoms with Crippen LogP contribution in [0.4, 0.5) is 0 Å². The highest BCUT2D eigenvalue weighted by molar-refractivity contribution is 5.79. The summed E-state index contributed by atoms with van der Waals surface area (Å²) in [6, 6.07) is 0.546. The van der Waals surface area contributed by atoms with Crippen molar-refractivity contribution in [2.75, 3.05) is 6.54 Å². The summed E-state index contributed by atoms with van der Waals surface area (Å²) in [5.41, 5.74) is 5.25. The van der Waals surface area contributed by atoms with E-state index in [0.717, 1.165) is 13.0 Å². The van der Waals surface area contributed by atoms with Crippen LogP contribution in [-0.4, -0.2) is 29.4 Å². The monoisotopic (exact) mass is 170 g/mol. The number of primary amides is 1. The van der Waals surface area contributed by atoms with E-state index < -0.39 is 0 Å². The lowest BCUT2D eigenvalue weighted by molar-refractivity contribution is -0.122. The zero-order chi connectivity index (χ0) is 9.14. The van der Waals surface area contributed by atoms with E-state index in [1.165, 1.54) is 12.8 Å². The highest BCUT2D eigenvalue weighted by atomic mass is 16.1. The van der Waals surface area contributed by atoms with E-state index in [-0.39, 0.29) is 11.9 Å². The molecule has 1 atom stereocenters. The first-order chi connectivity index (χ1) is 5.66. The normalized spacial score (nSPS) is 19.6. The van der Waals surface area contributed by atoms with Gasteiger partial charge in [0.1, 0.15) is 0 Å². The molecule has 1 aliphatic carbocycles. The second-order valence-electron chi connectivity index (χ2n) is 3.55. The Morgan fingerprint density at radius 3 is 2.58 bits per heavy atom. The summed E-state index contributed by atoms with van der Waals surface area (Å²) in [5.74, 6) is -0.199. The standard InChI is InChI=1S/C9H18N2O/c1-3-6-11(8-4-5-8)7(2)9(10)12/h7-8H,3-6H2,1-2H3,(H2,10,12). The minimum Gasteiger partial charge on any atom is -0.368 e. The van der Waals surface area contributed by atoms with Crippen molar-refractivity contribution in [1.82, 2.24) is 4.90 Å². The van der Waals surface area contributed by atoms with Crippen LogP contribution >= 0.6 is 0 Å². The molecule has 70 valence electrons. The minimum atomic E-state index is -0.199. The summed E-state index contributed by atoms with van der Waals surface area (Å²) >= 11 is 0. The number of nitrogens with two attached hydrogens (primary N) is 1. The predicted octanol–water partition coefficient (Wildman–Crippen LogP) is 0.735. The first-order valence-electron chi connectivity index (χ1n) is 4.72. The molecule has 1 rings (SSSR count). The van der Waals surface area contributed by atoms with Gasteiger partial charge >= 0.3 is 0 Å². The first-order valence-corrected chi connectivity index (χ1v) is 4.72. The molecular weight excluding hydrogens is 152 g/mol. The second kappa shape index (κ2) is 3.90. The summed E-state index contributed by atoms with van der Waals surface area (Å²) < 4.78 is 0. The number of carbonyl (C=O) groups excluding carboxylic acids is 1. The number of amides is 1. The number of hydrogen-bond donors (Lipinski definition) is 1. The van der Waals surface area contributed by atoms with Gasteiger partial charge in [0.05, 0.1) is 6.04 Å². The molecule has 0 saturated heterocycles. The molecule has 1 amide bonds. The van der Waals surface area contributed by atoms with Crippen LogP contribution in [0.25, 0.3) is 0 Å². The van der Waals surface area contributed by atoms with Gasteiger partial charge in [0, 0.05) is 6.04 Å². The summed E-state index contributed by atoms with van der Waals surface area (Å²) in [7, 11) is 0. The van der Waals surface area contributed by atoms with Gasteiger partial charge in [0.25, 0.3) is 0 Å². The summed E-state index contributed by atoms with van der Waals surface area (Å²) in [4.78, 5) is 13.2. The summed E-state index contributed by atoms with van der Waals surface area (Å²) in [6.07, 6.45) is 3.56. The van der Waals surface area contributed by atoms with Crippen LogP contribution in [0, 0.1) is 0 Å². The van der Waals surface area contributed by atoms with Crippen molar-refractivity contribution in [2.24, 2.45) is 5.73 Å². The average Bonchev–Trinajstić information content (AvgIpc) is 2.81. The fourth-order valence-electron chi connectivity index (χ4n) is 1.52. The molecule has 1 unspecified atom stereocenters. The number of rotatable bonds is 5. The molecule has 0 spiro atoms. The van der Waals surface area contributed by atoms with Crippen LogP contribution in [0.15, 0.2) is 0 Å². The largest absolute Gasteiger partial charge is 0.368 e. The maximum Gasteiger partial charge on any atom is 0.234 e. The van der Waals surface area contributed by atoms with Crippen LogP contribution in [0.3, 0.4) is 0 Å². The van der Waals surface area contributed by atoms with Crippen LogP contribution in [-0.2, 0) is 4.79 Å². The van der Waals surface area contributed by atoms with Crippen LogP contribution in [0.5, 0.6) is 0 Å². The molecule has 1 aliphatic rings. The van der Waals surface area contributed by atoms with Gasteiger partial charge in [-0.05, 0) is 32.7 Å². The molecule has 0 bridgehead atoms. The van der Waals surface area contributed by atoms with E-state index in [1.807, 2.05) is 6.92 Å². The van der Waals surface area contributed by atoms with E-state index in [1.54, 1.807) is 0 Å². The van der Waals surface area contributed by atoms with Crippen molar-refractivity contribution in [2.45, 2.75) is 45.2 Å². The molecule has 0 aromatic heterocycles. The fraction of sp³-hybridized carbons (Fsp3) is 0.889. The average molecular weight is 170 g/mol. The van der Waals surface area contributed by atoms with Crippen molar-refractivity contribution in [3.05, 3.63) is 0 Å². The van der Waals surface area contributed by atoms with E-state index in [0.29, 0.717) is 6.04 Å². The Balaban J connectivity index is 2.45. The van der Waals surface area contributed by atoms with Gasteiger partial charge in [-0.25, -0.2) is 0 Å².